The number of carbonyl (C=O) groups excluding carboxylic acids is 2. The lowest BCUT2D eigenvalue weighted by atomic mass is 10.1. The zero-order valence-corrected chi connectivity index (χ0v) is 20.6. The molecule has 2 aromatic carbocycles. The van der Waals surface area contributed by atoms with Crippen molar-refractivity contribution in [3.8, 4) is 0 Å². The normalized spacial score (nSPS) is 14.8. The summed E-state index contributed by atoms with van der Waals surface area (Å²) < 4.78 is 0. The van der Waals surface area contributed by atoms with Gasteiger partial charge in [0, 0.05) is 23.4 Å². The Labute approximate surface area is 201 Å². The van der Waals surface area contributed by atoms with Crippen LogP contribution in [0.3, 0.4) is 0 Å². The second-order valence-corrected chi connectivity index (χ2v) is 9.90. The van der Waals surface area contributed by atoms with Gasteiger partial charge in [-0.25, -0.2) is 0 Å². The van der Waals surface area contributed by atoms with Crippen molar-refractivity contribution < 1.29 is 9.59 Å². The number of nitrogens with one attached hydrogen (secondary N) is 1. The number of thioether (sulfide) groups is 1. The maximum Gasteiger partial charge on any atom is 0.243 e. The molecular weight excluding hydrogens is 440 g/mol. The van der Waals surface area contributed by atoms with Crippen molar-refractivity contribution >= 4 is 35.2 Å². The molecule has 3 rings (SSSR count). The number of hydrogen-bond donors (Lipinski definition) is 1. The van der Waals surface area contributed by atoms with Gasteiger partial charge in [0.15, 0.2) is 0 Å². The van der Waals surface area contributed by atoms with Gasteiger partial charge >= 0.3 is 0 Å². The summed E-state index contributed by atoms with van der Waals surface area (Å²) in [5.41, 5.74) is 3.34. The van der Waals surface area contributed by atoms with Crippen LogP contribution in [0.2, 0.25) is 5.02 Å². The molecule has 0 bridgehead atoms. The Morgan fingerprint density at radius 2 is 1.81 bits per heavy atom. The highest BCUT2D eigenvalue weighted by atomic mass is 35.5. The van der Waals surface area contributed by atoms with Crippen molar-refractivity contribution in [2.75, 3.05) is 5.75 Å². The first-order chi connectivity index (χ1) is 15.5. The third-order valence-corrected chi connectivity index (χ3v) is 7.34. The van der Waals surface area contributed by atoms with Crippen LogP contribution in [0.4, 0.5) is 0 Å². The number of carbonyl (C=O) groups is 2. The Bertz CT molecular complexity index is 897. The van der Waals surface area contributed by atoms with Crippen molar-refractivity contribution in [1.29, 1.82) is 0 Å². The van der Waals surface area contributed by atoms with E-state index >= 15 is 0 Å². The van der Waals surface area contributed by atoms with E-state index in [9.17, 15) is 9.59 Å². The summed E-state index contributed by atoms with van der Waals surface area (Å²) >= 11 is 7.53. The average Bonchev–Trinajstić information content (AvgIpc) is 3.29. The van der Waals surface area contributed by atoms with Crippen LogP contribution in [0.5, 0.6) is 0 Å². The molecular formula is C26H33ClN2O2S. The molecule has 0 spiro atoms. The van der Waals surface area contributed by atoms with Gasteiger partial charge in [0.1, 0.15) is 6.04 Å². The molecule has 0 heterocycles. The van der Waals surface area contributed by atoms with Gasteiger partial charge in [0.25, 0.3) is 0 Å². The van der Waals surface area contributed by atoms with Crippen molar-refractivity contribution in [2.45, 2.75) is 70.3 Å². The van der Waals surface area contributed by atoms with Crippen LogP contribution in [0, 0.1) is 6.92 Å². The fraction of sp³-hybridized carbons (Fsp3) is 0.462. The molecule has 1 fully saturated rings. The molecule has 172 valence electrons. The average molecular weight is 473 g/mol. The summed E-state index contributed by atoms with van der Waals surface area (Å²) in [5.74, 6) is 1.04. The lowest BCUT2D eigenvalue weighted by molar-refractivity contribution is -0.139. The Hall–Kier alpha value is -1.98. The molecule has 0 radical (unpaired) electrons. The molecule has 1 aliphatic rings. The van der Waals surface area contributed by atoms with Crippen LogP contribution in [-0.4, -0.2) is 34.6 Å². The second kappa shape index (κ2) is 12.3. The fourth-order valence-corrected chi connectivity index (χ4v) is 5.17. The van der Waals surface area contributed by atoms with E-state index in [0.717, 1.165) is 48.1 Å². The minimum atomic E-state index is -0.459. The predicted octanol–water partition coefficient (Wildman–Crippen LogP) is 5.75. The number of rotatable bonds is 10. The van der Waals surface area contributed by atoms with Crippen molar-refractivity contribution in [2.24, 2.45) is 0 Å². The third-order valence-electron chi connectivity index (χ3n) is 6.10. The number of aryl methyl sites for hydroxylation is 1. The van der Waals surface area contributed by atoms with Gasteiger partial charge in [-0.15, -0.1) is 11.8 Å². The zero-order chi connectivity index (χ0) is 22.9. The summed E-state index contributed by atoms with van der Waals surface area (Å²) in [6.45, 7) is 4.48. The molecule has 0 saturated heterocycles. The fourth-order valence-electron chi connectivity index (χ4n) is 4.18. The van der Waals surface area contributed by atoms with E-state index in [1.54, 1.807) is 16.7 Å². The van der Waals surface area contributed by atoms with E-state index in [1.165, 1.54) is 0 Å². The smallest absolute Gasteiger partial charge is 0.243 e. The SMILES string of the molecule is CCC(C(=O)NC1CCCC1)N(Cc1ccccc1C)C(=O)CSCc1ccc(Cl)cc1. The molecule has 1 N–H and O–H groups in total. The number of benzene rings is 2. The lowest BCUT2D eigenvalue weighted by Crippen LogP contribution is -2.51. The molecule has 4 nitrogen and oxygen atoms in total. The molecule has 0 aliphatic heterocycles. The molecule has 2 aromatic rings. The van der Waals surface area contributed by atoms with Gasteiger partial charge in [-0.05, 0) is 55.0 Å². The van der Waals surface area contributed by atoms with E-state index in [2.05, 4.69) is 5.32 Å². The molecule has 6 heteroatoms. The molecule has 1 atom stereocenters. The number of amides is 2. The van der Waals surface area contributed by atoms with Crippen molar-refractivity contribution in [1.82, 2.24) is 10.2 Å². The summed E-state index contributed by atoms with van der Waals surface area (Å²) in [7, 11) is 0. The van der Waals surface area contributed by atoms with Gasteiger partial charge in [-0.3, -0.25) is 9.59 Å². The standard InChI is InChI=1S/C26H33ClN2O2S/c1-3-24(26(31)28-23-10-6-7-11-23)29(16-21-9-5-4-8-19(21)2)25(30)18-32-17-20-12-14-22(27)15-13-20/h4-5,8-9,12-15,23-24H,3,6-7,10-11,16-18H2,1-2H3,(H,28,31). The van der Waals surface area contributed by atoms with E-state index in [1.807, 2.05) is 62.4 Å². The third kappa shape index (κ3) is 7.01. The Morgan fingerprint density at radius 3 is 2.47 bits per heavy atom. The van der Waals surface area contributed by atoms with Crippen molar-refractivity contribution in [3.05, 3.63) is 70.2 Å². The summed E-state index contributed by atoms with van der Waals surface area (Å²) in [6.07, 6.45) is 4.98. The summed E-state index contributed by atoms with van der Waals surface area (Å²) in [6, 6.07) is 15.5. The van der Waals surface area contributed by atoms with Gasteiger partial charge in [0.05, 0.1) is 5.75 Å². The first-order valence-corrected chi connectivity index (χ1v) is 13.0. The van der Waals surface area contributed by atoms with Crippen molar-refractivity contribution in [3.63, 3.8) is 0 Å². The van der Waals surface area contributed by atoms with Crippen LogP contribution in [0.25, 0.3) is 0 Å². The van der Waals surface area contributed by atoms with E-state index < -0.39 is 6.04 Å². The monoisotopic (exact) mass is 472 g/mol. The van der Waals surface area contributed by atoms with Gasteiger partial charge in [-0.1, -0.05) is 67.8 Å². The lowest BCUT2D eigenvalue weighted by Gasteiger charge is -2.32. The molecule has 1 unspecified atom stereocenters. The quantitative estimate of drug-likeness (QED) is 0.479. The van der Waals surface area contributed by atoms with Crippen LogP contribution < -0.4 is 5.32 Å². The second-order valence-electron chi connectivity index (χ2n) is 8.48. The van der Waals surface area contributed by atoms with Crippen LogP contribution in [0.15, 0.2) is 48.5 Å². The predicted molar refractivity (Wildman–Crippen MR) is 134 cm³/mol. The number of nitrogens with zero attached hydrogens (tertiary/aromatic N) is 1. The topological polar surface area (TPSA) is 49.4 Å². The van der Waals surface area contributed by atoms with Crippen LogP contribution >= 0.6 is 23.4 Å². The Morgan fingerprint density at radius 1 is 1.12 bits per heavy atom. The molecule has 2 amide bonds. The zero-order valence-electron chi connectivity index (χ0n) is 19.0. The highest BCUT2D eigenvalue weighted by Gasteiger charge is 2.30. The number of halogens is 1. The highest BCUT2D eigenvalue weighted by molar-refractivity contribution is 7.99. The summed E-state index contributed by atoms with van der Waals surface area (Å²) in [5, 5.41) is 3.91. The first kappa shape index (κ1) is 24.7. The first-order valence-electron chi connectivity index (χ1n) is 11.4. The largest absolute Gasteiger partial charge is 0.352 e. The van der Waals surface area contributed by atoms with E-state index in [4.69, 9.17) is 11.6 Å². The van der Waals surface area contributed by atoms with Gasteiger partial charge in [-0.2, -0.15) is 0 Å². The molecule has 0 aromatic heterocycles. The van der Waals surface area contributed by atoms with E-state index in [0.29, 0.717) is 23.7 Å². The molecule has 1 saturated carbocycles. The number of hydrogen-bond acceptors (Lipinski definition) is 3. The Kier molecular flexibility index (Phi) is 9.49. The summed E-state index contributed by atoms with van der Waals surface area (Å²) in [4.78, 5) is 28.3. The molecule has 1 aliphatic carbocycles. The maximum atomic E-state index is 13.3. The minimum absolute atomic E-state index is 0.000591. The van der Waals surface area contributed by atoms with Gasteiger partial charge < -0.3 is 10.2 Å². The highest BCUT2D eigenvalue weighted by Crippen LogP contribution is 2.21. The van der Waals surface area contributed by atoms with Crippen LogP contribution in [-0.2, 0) is 21.9 Å². The van der Waals surface area contributed by atoms with Crippen LogP contribution in [0.1, 0.15) is 55.7 Å². The minimum Gasteiger partial charge on any atom is -0.352 e. The van der Waals surface area contributed by atoms with E-state index in [-0.39, 0.29) is 17.9 Å². The van der Waals surface area contributed by atoms with Gasteiger partial charge in [0.2, 0.25) is 11.8 Å². The molecule has 32 heavy (non-hydrogen) atoms. The Balaban J connectivity index is 1.70. The maximum absolute atomic E-state index is 13.3.